The topological polar surface area (TPSA) is 78.8 Å². The number of hydrogen-bond donors (Lipinski definition) is 2. The van der Waals surface area contributed by atoms with Crippen LogP contribution in [0.15, 0.2) is 46.3 Å². The van der Waals surface area contributed by atoms with Crippen molar-refractivity contribution in [3.8, 4) is 0 Å². The first-order chi connectivity index (χ1) is 12.3. The minimum atomic E-state index is -1.07. The summed E-state index contributed by atoms with van der Waals surface area (Å²) in [5.41, 5.74) is 1.40. The lowest BCUT2D eigenvalue weighted by Crippen LogP contribution is -2.19. The summed E-state index contributed by atoms with van der Waals surface area (Å²) in [5, 5.41) is 12.1. The molecule has 0 atom stereocenters. The highest BCUT2D eigenvalue weighted by molar-refractivity contribution is 8.18. The van der Waals surface area contributed by atoms with Crippen LogP contribution in [0.2, 0.25) is 5.02 Å². The Morgan fingerprint density at radius 2 is 2.12 bits per heavy atom. The van der Waals surface area contributed by atoms with Crippen molar-refractivity contribution in [1.29, 1.82) is 0 Å². The number of aromatic carboxylic acids is 1. The maximum Gasteiger partial charge on any atom is 0.335 e. The number of halogens is 2. The minimum Gasteiger partial charge on any atom is -0.478 e. The van der Waals surface area contributed by atoms with E-state index in [-0.39, 0.29) is 26.2 Å². The van der Waals surface area contributed by atoms with Crippen molar-refractivity contribution in [1.82, 2.24) is 5.32 Å². The molecule has 1 fully saturated rings. The third-order valence-corrected chi connectivity index (χ3v) is 4.84. The average molecular weight is 391 g/mol. The SMILES string of the molecule is Cc1ccc(C(=O)O)cc1N=C1NC(=O)/C(=C/c2c(F)cccc2Cl)S1. The van der Waals surface area contributed by atoms with E-state index in [1.165, 1.54) is 36.4 Å². The quantitative estimate of drug-likeness (QED) is 0.762. The largest absolute Gasteiger partial charge is 0.478 e. The summed E-state index contributed by atoms with van der Waals surface area (Å²) in [4.78, 5) is 27.8. The van der Waals surface area contributed by atoms with Crippen molar-refractivity contribution in [2.45, 2.75) is 6.92 Å². The molecular formula is C18H12ClFN2O3S. The molecule has 1 aliphatic heterocycles. The van der Waals surface area contributed by atoms with Crippen molar-refractivity contribution in [2.75, 3.05) is 0 Å². The van der Waals surface area contributed by atoms with Crippen LogP contribution in [0.3, 0.4) is 0 Å². The molecule has 1 heterocycles. The summed E-state index contributed by atoms with van der Waals surface area (Å²) in [6.07, 6.45) is 1.36. The Labute approximate surface area is 157 Å². The predicted octanol–water partition coefficient (Wildman–Crippen LogP) is 4.38. The number of nitrogens with zero attached hydrogens (tertiary/aromatic N) is 1. The van der Waals surface area contributed by atoms with Crippen molar-refractivity contribution in [2.24, 2.45) is 4.99 Å². The van der Waals surface area contributed by atoms with Gasteiger partial charge in [-0.05, 0) is 54.6 Å². The number of carboxylic acids is 1. The zero-order valence-corrected chi connectivity index (χ0v) is 15.0. The lowest BCUT2D eigenvalue weighted by molar-refractivity contribution is -0.115. The molecule has 0 bridgehead atoms. The van der Waals surface area contributed by atoms with E-state index in [1.807, 2.05) is 0 Å². The summed E-state index contributed by atoms with van der Waals surface area (Å²) in [6, 6.07) is 8.81. The molecule has 3 rings (SSSR count). The fourth-order valence-electron chi connectivity index (χ4n) is 2.23. The Kier molecular flexibility index (Phi) is 5.11. The zero-order chi connectivity index (χ0) is 18.8. The smallest absolute Gasteiger partial charge is 0.335 e. The van der Waals surface area contributed by atoms with Crippen LogP contribution in [0.1, 0.15) is 21.5 Å². The van der Waals surface area contributed by atoms with Gasteiger partial charge in [-0.3, -0.25) is 4.79 Å². The number of thioether (sulfide) groups is 1. The number of carbonyl (C=O) groups is 2. The van der Waals surface area contributed by atoms with Gasteiger partial charge in [0.15, 0.2) is 5.17 Å². The zero-order valence-electron chi connectivity index (χ0n) is 13.4. The Balaban J connectivity index is 1.93. The van der Waals surface area contributed by atoms with Gasteiger partial charge in [0.05, 0.1) is 21.2 Å². The Bertz CT molecular complexity index is 968. The number of aliphatic imine (C=N–C) groups is 1. The van der Waals surface area contributed by atoms with Gasteiger partial charge in [-0.25, -0.2) is 14.2 Å². The molecule has 0 saturated carbocycles. The van der Waals surface area contributed by atoms with Gasteiger partial charge in [0.2, 0.25) is 0 Å². The van der Waals surface area contributed by atoms with E-state index in [0.29, 0.717) is 5.69 Å². The first kappa shape index (κ1) is 18.2. The molecule has 26 heavy (non-hydrogen) atoms. The average Bonchev–Trinajstić information content (AvgIpc) is 2.92. The number of nitrogens with one attached hydrogen (secondary N) is 1. The van der Waals surface area contributed by atoms with Gasteiger partial charge in [0.25, 0.3) is 5.91 Å². The van der Waals surface area contributed by atoms with Crippen LogP contribution >= 0.6 is 23.4 Å². The Morgan fingerprint density at radius 3 is 2.81 bits per heavy atom. The molecular weight excluding hydrogens is 379 g/mol. The molecule has 0 radical (unpaired) electrons. The highest BCUT2D eigenvalue weighted by atomic mass is 35.5. The van der Waals surface area contributed by atoms with Gasteiger partial charge in [-0.1, -0.05) is 23.7 Å². The van der Waals surface area contributed by atoms with Gasteiger partial charge in [0.1, 0.15) is 5.82 Å². The normalized spacial score (nSPS) is 17.0. The van der Waals surface area contributed by atoms with E-state index in [4.69, 9.17) is 16.7 Å². The number of carboxylic acid groups (broad SMARTS) is 1. The molecule has 8 heteroatoms. The van der Waals surface area contributed by atoms with E-state index in [0.717, 1.165) is 17.3 Å². The van der Waals surface area contributed by atoms with Crippen molar-refractivity contribution < 1.29 is 19.1 Å². The maximum atomic E-state index is 13.9. The van der Waals surface area contributed by atoms with Crippen LogP contribution in [0, 0.1) is 12.7 Å². The molecule has 2 aromatic carbocycles. The molecule has 0 spiro atoms. The fraction of sp³-hybridized carbons (Fsp3) is 0.0556. The standard InChI is InChI=1S/C18H12ClFN2O3S/c1-9-5-6-10(17(24)25)7-14(9)21-18-22-16(23)15(26-18)8-11-12(19)3-2-4-13(11)20/h2-8H,1H3,(H,24,25)(H,21,22,23)/b15-8-. The van der Waals surface area contributed by atoms with Crippen LogP contribution in [0.25, 0.3) is 6.08 Å². The molecule has 0 unspecified atom stereocenters. The van der Waals surface area contributed by atoms with Crippen LogP contribution in [0.4, 0.5) is 10.1 Å². The van der Waals surface area contributed by atoms with Gasteiger partial charge < -0.3 is 10.4 Å². The second-order valence-corrected chi connectivity index (χ2v) is 6.86. The molecule has 132 valence electrons. The fourth-order valence-corrected chi connectivity index (χ4v) is 3.27. The molecule has 2 aromatic rings. The summed E-state index contributed by atoms with van der Waals surface area (Å²) in [6.45, 7) is 1.78. The third kappa shape index (κ3) is 3.79. The number of carbonyl (C=O) groups excluding carboxylic acids is 1. The van der Waals surface area contributed by atoms with E-state index in [9.17, 15) is 14.0 Å². The number of amides is 1. The highest BCUT2D eigenvalue weighted by Crippen LogP contribution is 2.31. The number of rotatable bonds is 3. The van der Waals surface area contributed by atoms with E-state index < -0.39 is 17.7 Å². The Morgan fingerprint density at radius 1 is 1.35 bits per heavy atom. The molecule has 0 aromatic heterocycles. The van der Waals surface area contributed by atoms with Crippen LogP contribution in [0.5, 0.6) is 0 Å². The van der Waals surface area contributed by atoms with E-state index in [1.54, 1.807) is 13.0 Å². The van der Waals surface area contributed by atoms with Crippen molar-refractivity contribution in [3.05, 3.63) is 68.8 Å². The van der Waals surface area contributed by atoms with E-state index >= 15 is 0 Å². The molecule has 0 aliphatic carbocycles. The van der Waals surface area contributed by atoms with Gasteiger partial charge >= 0.3 is 5.97 Å². The number of aryl methyl sites for hydroxylation is 1. The molecule has 5 nitrogen and oxygen atoms in total. The number of benzene rings is 2. The number of hydrogen-bond acceptors (Lipinski definition) is 4. The van der Waals surface area contributed by atoms with Gasteiger partial charge in [0, 0.05) is 5.56 Å². The van der Waals surface area contributed by atoms with Gasteiger partial charge in [-0.15, -0.1) is 0 Å². The molecule has 1 aliphatic rings. The first-order valence-electron chi connectivity index (χ1n) is 7.42. The molecule has 2 N–H and O–H groups in total. The summed E-state index contributed by atoms with van der Waals surface area (Å²) in [7, 11) is 0. The summed E-state index contributed by atoms with van der Waals surface area (Å²) >= 11 is 7.00. The molecule has 1 amide bonds. The van der Waals surface area contributed by atoms with Crippen molar-refractivity contribution in [3.63, 3.8) is 0 Å². The minimum absolute atomic E-state index is 0.0955. The van der Waals surface area contributed by atoms with Crippen LogP contribution in [-0.2, 0) is 4.79 Å². The summed E-state index contributed by atoms with van der Waals surface area (Å²) in [5.74, 6) is -2.03. The highest BCUT2D eigenvalue weighted by Gasteiger charge is 2.25. The monoisotopic (exact) mass is 390 g/mol. The Hall–Kier alpha value is -2.64. The third-order valence-electron chi connectivity index (χ3n) is 3.60. The van der Waals surface area contributed by atoms with Gasteiger partial charge in [-0.2, -0.15) is 0 Å². The van der Waals surface area contributed by atoms with Crippen LogP contribution in [-0.4, -0.2) is 22.2 Å². The first-order valence-corrected chi connectivity index (χ1v) is 8.62. The second-order valence-electron chi connectivity index (χ2n) is 5.42. The maximum absolute atomic E-state index is 13.9. The predicted molar refractivity (Wildman–Crippen MR) is 100 cm³/mol. The summed E-state index contributed by atoms with van der Waals surface area (Å²) < 4.78 is 13.9. The van der Waals surface area contributed by atoms with Crippen LogP contribution < -0.4 is 5.32 Å². The lowest BCUT2D eigenvalue weighted by atomic mass is 10.1. The lowest BCUT2D eigenvalue weighted by Gasteiger charge is -2.03. The molecule has 1 saturated heterocycles. The van der Waals surface area contributed by atoms with Crippen molar-refractivity contribution >= 4 is 52.2 Å². The number of amidine groups is 1. The second kappa shape index (κ2) is 7.31. The van der Waals surface area contributed by atoms with E-state index in [2.05, 4.69) is 10.3 Å².